The fraction of sp³-hybridized carbons (Fsp3) is 0.438. The zero-order valence-corrected chi connectivity index (χ0v) is 11.1. The van der Waals surface area contributed by atoms with Crippen molar-refractivity contribution in [3.63, 3.8) is 0 Å². The van der Waals surface area contributed by atoms with Gasteiger partial charge >= 0.3 is 0 Å². The number of rotatable bonds is 4. The summed E-state index contributed by atoms with van der Waals surface area (Å²) in [5.74, 6) is 0.345. The van der Waals surface area contributed by atoms with Gasteiger partial charge in [0.2, 0.25) is 0 Å². The topological polar surface area (TPSA) is 38.0 Å². The number of nitrogens with zero attached hydrogens (tertiary/aromatic N) is 2. The first-order valence-corrected chi connectivity index (χ1v) is 6.98. The van der Waals surface area contributed by atoms with Crippen LogP contribution in [0.15, 0.2) is 49.1 Å². The van der Waals surface area contributed by atoms with Gasteiger partial charge in [0.25, 0.3) is 0 Å². The molecule has 0 aliphatic heterocycles. The lowest BCUT2D eigenvalue weighted by Crippen LogP contribution is -2.38. The minimum atomic E-state index is -0.587. The summed E-state index contributed by atoms with van der Waals surface area (Å²) in [6, 6.07) is 10.5. The highest BCUT2D eigenvalue weighted by Crippen LogP contribution is 2.39. The second kappa shape index (κ2) is 5.17. The monoisotopic (exact) mass is 256 g/mol. The van der Waals surface area contributed by atoms with E-state index < -0.39 is 5.60 Å². The van der Waals surface area contributed by atoms with E-state index in [4.69, 9.17) is 0 Å². The van der Waals surface area contributed by atoms with Gasteiger partial charge in [-0.25, -0.2) is 4.98 Å². The van der Waals surface area contributed by atoms with Crippen LogP contribution >= 0.6 is 0 Å². The average Bonchev–Trinajstić information content (AvgIpc) is 3.03. The van der Waals surface area contributed by atoms with E-state index >= 15 is 0 Å². The van der Waals surface area contributed by atoms with Crippen molar-refractivity contribution in [3.05, 3.63) is 54.6 Å². The van der Waals surface area contributed by atoms with Gasteiger partial charge in [0, 0.05) is 12.4 Å². The summed E-state index contributed by atoms with van der Waals surface area (Å²) in [7, 11) is 0. The number of imidazole rings is 1. The van der Waals surface area contributed by atoms with Crippen LogP contribution in [0.5, 0.6) is 0 Å². The molecule has 1 heterocycles. The quantitative estimate of drug-likeness (QED) is 0.913. The molecule has 0 amide bonds. The Morgan fingerprint density at radius 3 is 2.89 bits per heavy atom. The third kappa shape index (κ3) is 2.71. The van der Waals surface area contributed by atoms with Gasteiger partial charge in [-0.05, 0) is 30.7 Å². The standard InChI is InChI=1S/C16H20N2O/c19-16(12-18-10-9-17-13-18)8-4-7-15(16)11-14-5-2-1-3-6-14/h1-3,5-6,9-10,13,15,19H,4,7-8,11-12H2. The van der Waals surface area contributed by atoms with Crippen LogP contribution < -0.4 is 0 Å². The Hall–Kier alpha value is -1.61. The fourth-order valence-electron chi connectivity index (χ4n) is 3.22. The molecule has 1 N–H and O–H groups in total. The molecule has 2 aromatic rings. The first-order valence-electron chi connectivity index (χ1n) is 6.98. The van der Waals surface area contributed by atoms with Crippen molar-refractivity contribution < 1.29 is 5.11 Å². The Bertz CT molecular complexity index is 509. The minimum absolute atomic E-state index is 0.345. The van der Waals surface area contributed by atoms with Crippen LogP contribution in [0.25, 0.3) is 0 Å². The van der Waals surface area contributed by atoms with Crippen LogP contribution in [0.2, 0.25) is 0 Å². The summed E-state index contributed by atoms with van der Waals surface area (Å²) in [6.07, 6.45) is 9.56. The summed E-state index contributed by atoms with van der Waals surface area (Å²) >= 11 is 0. The van der Waals surface area contributed by atoms with Crippen molar-refractivity contribution in [1.82, 2.24) is 9.55 Å². The van der Waals surface area contributed by atoms with Gasteiger partial charge in [-0.15, -0.1) is 0 Å². The van der Waals surface area contributed by atoms with Gasteiger partial charge in [0.05, 0.1) is 18.5 Å². The van der Waals surface area contributed by atoms with Gasteiger partial charge in [-0.3, -0.25) is 0 Å². The zero-order valence-electron chi connectivity index (χ0n) is 11.1. The summed E-state index contributed by atoms with van der Waals surface area (Å²) < 4.78 is 1.99. The molecule has 3 rings (SSSR count). The molecule has 0 radical (unpaired) electrons. The molecule has 2 atom stereocenters. The van der Waals surface area contributed by atoms with E-state index in [1.54, 1.807) is 12.5 Å². The Morgan fingerprint density at radius 1 is 1.32 bits per heavy atom. The Balaban J connectivity index is 1.73. The molecule has 1 aliphatic rings. The van der Waals surface area contributed by atoms with E-state index in [0.717, 1.165) is 25.7 Å². The first-order chi connectivity index (χ1) is 9.26. The highest BCUT2D eigenvalue weighted by molar-refractivity contribution is 5.16. The molecule has 0 bridgehead atoms. The molecule has 1 aliphatic carbocycles. The third-order valence-corrected chi connectivity index (χ3v) is 4.26. The molecule has 1 fully saturated rings. The smallest absolute Gasteiger partial charge is 0.0946 e. The predicted molar refractivity (Wildman–Crippen MR) is 74.7 cm³/mol. The normalized spacial score (nSPS) is 26.7. The molecule has 100 valence electrons. The van der Waals surface area contributed by atoms with Crippen molar-refractivity contribution >= 4 is 0 Å². The lowest BCUT2D eigenvalue weighted by Gasteiger charge is -2.30. The summed E-state index contributed by atoms with van der Waals surface area (Å²) in [6.45, 7) is 0.657. The van der Waals surface area contributed by atoms with Gasteiger partial charge in [-0.1, -0.05) is 36.8 Å². The molecule has 19 heavy (non-hydrogen) atoms. The van der Waals surface area contributed by atoms with Crippen LogP contribution in [-0.2, 0) is 13.0 Å². The van der Waals surface area contributed by atoms with Crippen molar-refractivity contribution in [3.8, 4) is 0 Å². The van der Waals surface area contributed by atoms with E-state index in [9.17, 15) is 5.11 Å². The van der Waals surface area contributed by atoms with Crippen molar-refractivity contribution in [2.24, 2.45) is 5.92 Å². The highest BCUT2D eigenvalue weighted by Gasteiger charge is 2.41. The molecular weight excluding hydrogens is 236 g/mol. The van der Waals surface area contributed by atoms with Crippen LogP contribution in [-0.4, -0.2) is 20.3 Å². The van der Waals surface area contributed by atoms with E-state index in [2.05, 4.69) is 29.2 Å². The Kier molecular flexibility index (Phi) is 3.38. The van der Waals surface area contributed by atoms with E-state index in [-0.39, 0.29) is 0 Å². The van der Waals surface area contributed by atoms with E-state index in [1.807, 2.05) is 16.8 Å². The number of aromatic nitrogens is 2. The summed E-state index contributed by atoms with van der Waals surface area (Å²) in [5, 5.41) is 10.9. The molecule has 3 heteroatoms. The van der Waals surface area contributed by atoms with E-state index in [1.165, 1.54) is 5.56 Å². The minimum Gasteiger partial charge on any atom is -0.388 e. The van der Waals surface area contributed by atoms with Gasteiger partial charge in [0.1, 0.15) is 0 Å². The SMILES string of the molecule is OC1(Cn2ccnc2)CCCC1Cc1ccccc1. The molecule has 1 aromatic heterocycles. The number of hydrogen-bond acceptors (Lipinski definition) is 2. The van der Waals surface area contributed by atoms with Crippen LogP contribution in [0, 0.1) is 5.92 Å². The maximum absolute atomic E-state index is 10.9. The summed E-state index contributed by atoms with van der Waals surface area (Å²) in [5.41, 5.74) is 0.731. The summed E-state index contributed by atoms with van der Waals surface area (Å²) in [4.78, 5) is 4.06. The Morgan fingerprint density at radius 2 is 2.16 bits per heavy atom. The lowest BCUT2D eigenvalue weighted by atomic mass is 9.85. The second-order valence-electron chi connectivity index (χ2n) is 5.62. The molecule has 0 spiro atoms. The number of benzene rings is 1. The Labute approximate surface area is 113 Å². The maximum atomic E-state index is 10.9. The third-order valence-electron chi connectivity index (χ3n) is 4.26. The lowest BCUT2D eigenvalue weighted by molar-refractivity contribution is -0.0134. The molecule has 1 saturated carbocycles. The van der Waals surface area contributed by atoms with Gasteiger partial charge in [-0.2, -0.15) is 0 Å². The van der Waals surface area contributed by atoms with Crippen molar-refractivity contribution in [1.29, 1.82) is 0 Å². The fourth-order valence-corrected chi connectivity index (χ4v) is 3.22. The number of hydrogen-bond donors (Lipinski definition) is 1. The average molecular weight is 256 g/mol. The van der Waals surface area contributed by atoms with Gasteiger partial charge < -0.3 is 9.67 Å². The molecule has 0 saturated heterocycles. The first kappa shape index (κ1) is 12.4. The van der Waals surface area contributed by atoms with Crippen LogP contribution in [0.3, 0.4) is 0 Å². The molecular formula is C16H20N2O. The van der Waals surface area contributed by atoms with Crippen molar-refractivity contribution in [2.45, 2.75) is 37.8 Å². The predicted octanol–water partition coefficient (Wildman–Crippen LogP) is 2.66. The van der Waals surface area contributed by atoms with Crippen LogP contribution in [0.4, 0.5) is 0 Å². The number of aliphatic hydroxyl groups is 1. The molecule has 2 unspecified atom stereocenters. The molecule has 3 nitrogen and oxygen atoms in total. The maximum Gasteiger partial charge on any atom is 0.0946 e. The van der Waals surface area contributed by atoms with Crippen LogP contribution in [0.1, 0.15) is 24.8 Å². The second-order valence-corrected chi connectivity index (χ2v) is 5.62. The zero-order chi connectivity index (χ0) is 13.1. The highest BCUT2D eigenvalue weighted by atomic mass is 16.3. The van der Waals surface area contributed by atoms with Crippen molar-refractivity contribution in [2.75, 3.05) is 0 Å². The molecule has 1 aromatic carbocycles. The van der Waals surface area contributed by atoms with E-state index in [0.29, 0.717) is 12.5 Å². The van der Waals surface area contributed by atoms with Gasteiger partial charge in [0.15, 0.2) is 0 Å². The largest absolute Gasteiger partial charge is 0.388 e.